The highest BCUT2D eigenvalue weighted by molar-refractivity contribution is 14.1. The summed E-state index contributed by atoms with van der Waals surface area (Å²) >= 11 is 7.81. The van der Waals surface area contributed by atoms with Gasteiger partial charge >= 0.3 is 0 Å². The van der Waals surface area contributed by atoms with Gasteiger partial charge in [0.05, 0.1) is 5.02 Å². The summed E-state index contributed by atoms with van der Waals surface area (Å²) in [4.78, 5) is -0.0108. The standard InChI is InChI=1S/C7H7ClINO2S/c8-6-2-1-5(4-9)3-7(6)13(10,11)12/h1-3H,4H2,(H2,10,11,12). The van der Waals surface area contributed by atoms with E-state index in [2.05, 4.69) is 22.6 Å². The first-order chi connectivity index (χ1) is 5.95. The average Bonchev–Trinajstić information content (AvgIpc) is 2.03. The third-order valence-electron chi connectivity index (χ3n) is 1.46. The predicted octanol–water partition coefficient (Wildman–Crippen LogP) is 1.92. The molecule has 0 saturated carbocycles. The van der Waals surface area contributed by atoms with Gasteiger partial charge in [0.1, 0.15) is 4.90 Å². The molecule has 6 heteroatoms. The molecule has 0 fully saturated rings. The van der Waals surface area contributed by atoms with E-state index in [0.29, 0.717) is 0 Å². The van der Waals surface area contributed by atoms with Crippen LogP contribution in [0.5, 0.6) is 0 Å². The van der Waals surface area contributed by atoms with Crippen LogP contribution in [0.3, 0.4) is 0 Å². The Hall–Kier alpha value is 0.150. The highest BCUT2D eigenvalue weighted by atomic mass is 127. The minimum atomic E-state index is -3.70. The van der Waals surface area contributed by atoms with Crippen LogP contribution in [0.1, 0.15) is 5.56 Å². The second kappa shape index (κ2) is 4.12. The predicted molar refractivity (Wildman–Crippen MR) is 60.5 cm³/mol. The van der Waals surface area contributed by atoms with Gasteiger partial charge in [0, 0.05) is 4.43 Å². The Morgan fingerprint density at radius 2 is 2.08 bits per heavy atom. The number of nitrogens with two attached hydrogens (primary N) is 1. The van der Waals surface area contributed by atoms with Gasteiger partial charge in [0.2, 0.25) is 10.0 Å². The summed E-state index contributed by atoms with van der Waals surface area (Å²) in [6, 6.07) is 4.79. The van der Waals surface area contributed by atoms with Crippen LogP contribution in [0.2, 0.25) is 5.02 Å². The van der Waals surface area contributed by atoms with E-state index in [1.165, 1.54) is 12.1 Å². The van der Waals surface area contributed by atoms with Gasteiger partial charge in [-0.3, -0.25) is 0 Å². The fourth-order valence-corrected chi connectivity index (χ4v) is 2.42. The van der Waals surface area contributed by atoms with Crippen LogP contribution in [0, 0.1) is 0 Å². The number of sulfonamides is 1. The van der Waals surface area contributed by atoms with Crippen molar-refractivity contribution in [1.29, 1.82) is 0 Å². The Labute approximate surface area is 95.5 Å². The molecule has 0 bridgehead atoms. The number of hydrogen-bond acceptors (Lipinski definition) is 2. The molecule has 0 saturated heterocycles. The lowest BCUT2D eigenvalue weighted by Crippen LogP contribution is -2.12. The van der Waals surface area contributed by atoms with Crippen LogP contribution in [0.4, 0.5) is 0 Å². The zero-order chi connectivity index (χ0) is 10.1. The fraction of sp³-hybridized carbons (Fsp3) is 0.143. The topological polar surface area (TPSA) is 60.2 Å². The van der Waals surface area contributed by atoms with Crippen molar-refractivity contribution >= 4 is 44.2 Å². The summed E-state index contributed by atoms with van der Waals surface area (Å²) in [6.45, 7) is 0. The maximum atomic E-state index is 11.0. The molecular formula is C7H7ClINO2S. The Balaban J connectivity index is 3.36. The number of benzene rings is 1. The molecule has 0 aliphatic carbocycles. The lowest BCUT2D eigenvalue weighted by Gasteiger charge is -2.02. The van der Waals surface area contributed by atoms with Crippen molar-refractivity contribution in [2.45, 2.75) is 9.32 Å². The second-order valence-electron chi connectivity index (χ2n) is 2.44. The molecule has 0 aromatic heterocycles. The number of alkyl halides is 1. The van der Waals surface area contributed by atoms with E-state index >= 15 is 0 Å². The Bertz CT molecular complexity index is 419. The SMILES string of the molecule is NS(=O)(=O)c1cc(CI)ccc1Cl. The van der Waals surface area contributed by atoms with Gasteiger partial charge in [-0.15, -0.1) is 0 Å². The summed E-state index contributed by atoms with van der Waals surface area (Å²) < 4.78 is 22.7. The molecule has 0 unspecified atom stereocenters. The third-order valence-corrected chi connectivity index (χ3v) is 3.73. The quantitative estimate of drug-likeness (QED) is 0.665. The van der Waals surface area contributed by atoms with Gasteiger partial charge < -0.3 is 0 Å². The van der Waals surface area contributed by atoms with Crippen LogP contribution in [0.25, 0.3) is 0 Å². The fourth-order valence-electron chi connectivity index (χ4n) is 0.849. The van der Waals surface area contributed by atoms with Gasteiger partial charge in [-0.05, 0) is 17.7 Å². The molecule has 0 heterocycles. The molecule has 0 spiro atoms. The van der Waals surface area contributed by atoms with Gasteiger partial charge in [0.15, 0.2) is 0 Å². The maximum absolute atomic E-state index is 11.0. The summed E-state index contributed by atoms with van der Waals surface area (Å²) in [6.07, 6.45) is 0. The zero-order valence-electron chi connectivity index (χ0n) is 6.50. The highest BCUT2D eigenvalue weighted by Crippen LogP contribution is 2.22. The molecule has 0 aliphatic heterocycles. The summed E-state index contributed by atoms with van der Waals surface area (Å²) in [5.41, 5.74) is 0.883. The Morgan fingerprint density at radius 1 is 1.46 bits per heavy atom. The lowest BCUT2D eigenvalue weighted by molar-refractivity contribution is 0.598. The summed E-state index contributed by atoms with van der Waals surface area (Å²) in [5, 5.41) is 5.13. The van der Waals surface area contributed by atoms with E-state index in [9.17, 15) is 8.42 Å². The first kappa shape index (κ1) is 11.2. The number of halogens is 2. The van der Waals surface area contributed by atoms with Gasteiger partial charge in [-0.1, -0.05) is 40.3 Å². The van der Waals surface area contributed by atoms with Gasteiger partial charge in [-0.25, -0.2) is 13.6 Å². The minimum Gasteiger partial charge on any atom is -0.225 e. The van der Waals surface area contributed by atoms with Crippen LogP contribution >= 0.6 is 34.2 Å². The number of rotatable bonds is 2. The summed E-state index contributed by atoms with van der Waals surface area (Å²) in [5.74, 6) is 0. The van der Waals surface area contributed by atoms with E-state index in [-0.39, 0.29) is 9.92 Å². The Kier molecular flexibility index (Phi) is 3.56. The van der Waals surface area contributed by atoms with Crippen molar-refractivity contribution in [3.8, 4) is 0 Å². The molecule has 0 aliphatic rings. The zero-order valence-corrected chi connectivity index (χ0v) is 10.2. The monoisotopic (exact) mass is 331 g/mol. The lowest BCUT2D eigenvalue weighted by atomic mass is 10.2. The third kappa shape index (κ3) is 2.80. The van der Waals surface area contributed by atoms with E-state index in [1.807, 2.05) is 0 Å². The van der Waals surface area contributed by atoms with Crippen LogP contribution < -0.4 is 5.14 Å². The van der Waals surface area contributed by atoms with Crippen molar-refractivity contribution in [2.75, 3.05) is 0 Å². The molecule has 1 aromatic rings. The van der Waals surface area contributed by atoms with Crippen molar-refractivity contribution in [3.63, 3.8) is 0 Å². The number of hydrogen-bond donors (Lipinski definition) is 1. The van der Waals surface area contributed by atoms with E-state index in [4.69, 9.17) is 16.7 Å². The first-order valence-corrected chi connectivity index (χ1v) is 6.77. The largest absolute Gasteiger partial charge is 0.239 e. The smallest absolute Gasteiger partial charge is 0.225 e. The van der Waals surface area contributed by atoms with Crippen LogP contribution in [0.15, 0.2) is 23.1 Å². The molecular weight excluding hydrogens is 325 g/mol. The maximum Gasteiger partial charge on any atom is 0.239 e. The van der Waals surface area contributed by atoms with Gasteiger partial charge in [0.25, 0.3) is 0 Å². The van der Waals surface area contributed by atoms with E-state index in [1.54, 1.807) is 6.07 Å². The van der Waals surface area contributed by atoms with E-state index < -0.39 is 10.0 Å². The summed E-state index contributed by atoms with van der Waals surface area (Å²) in [7, 11) is -3.70. The normalized spacial score (nSPS) is 11.6. The molecule has 13 heavy (non-hydrogen) atoms. The molecule has 0 atom stereocenters. The molecule has 3 nitrogen and oxygen atoms in total. The van der Waals surface area contributed by atoms with Crippen molar-refractivity contribution < 1.29 is 8.42 Å². The van der Waals surface area contributed by atoms with E-state index in [0.717, 1.165) is 9.99 Å². The van der Waals surface area contributed by atoms with Crippen LogP contribution in [-0.2, 0) is 14.5 Å². The molecule has 0 radical (unpaired) electrons. The van der Waals surface area contributed by atoms with Crippen molar-refractivity contribution in [2.24, 2.45) is 5.14 Å². The molecule has 2 N–H and O–H groups in total. The van der Waals surface area contributed by atoms with Crippen molar-refractivity contribution in [3.05, 3.63) is 28.8 Å². The molecule has 72 valence electrons. The highest BCUT2D eigenvalue weighted by Gasteiger charge is 2.12. The molecule has 1 aromatic carbocycles. The van der Waals surface area contributed by atoms with Gasteiger partial charge in [-0.2, -0.15) is 0 Å². The number of primary sulfonamides is 1. The first-order valence-electron chi connectivity index (χ1n) is 3.32. The minimum absolute atomic E-state index is 0.0108. The molecule has 0 amide bonds. The van der Waals surface area contributed by atoms with Crippen LogP contribution in [-0.4, -0.2) is 8.42 Å². The second-order valence-corrected chi connectivity index (χ2v) is 5.14. The average molecular weight is 332 g/mol. The molecule has 1 rings (SSSR count). The van der Waals surface area contributed by atoms with Crippen molar-refractivity contribution in [1.82, 2.24) is 0 Å². The Morgan fingerprint density at radius 3 is 2.54 bits per heavy atom.